The van der Waals surface area contributed by atoms with Gasteiger partial charge >= 0.3 is 6.18 Å². The van der Waals surface area contributed by atoms with E-state index in [1.807, 2.05) is 26.0 Å². The number of ether oxygens (including phenoxy) is 1. The zero-order chi connectivity index (χ0) is 20.3. The Kier molecular flexibility index (Phi) is 13.3. The van der Waals surface area contributed by atoms with E-state index in [2.05, 4.69) is 21.7 Å². The minimum atomic E-state index is -4.16. The maximum atomic E-state index is 12.3. The van der Waals surface area contributed by atoms with Gasteiger partial charge in [-0.3, -0.25) is 9.89 Å². The predicted molar refractivity (Wildman–Crippen MR) is 119 cm³/mol. The van der Waals surface area contributed by atoms with E-state index < -0.39 is 12.7 Å². The van der Waals surface area contributed by atoms with Gasteiger partial charge in [0.2, 0.25) is 0 Å². The minimum Gasteiger partial charge on any atom is -0.496 e. The molecule has 0 aromatic heterocycles. The molecule has 28 heavy (non-hydrogen) atoms. The maximum Gasteiger partial charge on any atom is 0.401 e. The summed E-state index contributed by atoms with van der Waals surface area (Å²) in [6.45, 7) is 5.32. The standard InChI is InChI=1S/C19H31F3N4O.HI/c1-5-23-18(24-10-6-12-26(3)14-19(20,21)22)25-11-9-16-13-15(2)7-8-17(16)27-4;/h7-8,13H,5-6,9-12,14H2,1-4H3,(H2,23,24,25);1H. The maximum absolute atomic E-state index is 12.3. The van der Waals surface area contributed by atoms with E-state index in [1.54, 1.807) is 7.11 Å². The lowest BCUT2D eigenvalue weighted by Crippen LogP contribution is -2.38. The third kappa shape index (κ3) is 11.6. The number of nitrogens with zero attached hydrogens (tertiary/aromatic N) is 2. The third-order valence-electron chi connectivity index (χ3n) is 3.88. The molecule has 2 N–H and O–H groups in total. The molecule has 0 bridgehead atoms. The lowest BCUT2D eigenvalue weighted by Gasteiger charge is -2.18. The van der Waals surface area contributed by atoms with Gasteiger partial charge in [0.1, 0.15) is 5.75 Å². The number of alkyl halides is 3. The van der Waals surface area contributed by atoms with Crippen molar-refractivity contribution in [3.8, 4) is 5.75 Å². The van der Waals surface area contributed by atoms with E-state index in [-0.39, 0.29) is 24.0 Å². The van der Waals surface area contributed by atoms with Gasteiger partial charge in [0.05, 0.1) is 13.7 Å². The van der Waals surface area contributed by atoms with Crippen molar-refractivity contribution >= 4 is 29.9 Å². The highest BCUT2D eigenvalue weighted by atomic mass is 127. The number of aliphatic imine (C=N–C) groups is 1. The zero-order valence-corrected chi connectivity index (χ0v) is 19.4. The Morgan fingerprint density at radius 3 is 2.57 bits per heavy atom. The second-order valence-electron chi connectivity index (χ2n) is 6.46. The van der Waals surface area contributed by atoms with Crippen LogP contribution in [0.2, 0.25) is 0 Å². The fraction of sp³-hybridized carbons (Fsp3) is 0.632. The van der Waals surface area contributed by atoms with Gasteiger partial charge in [-0.05, 0) is 51.9 Å². The highest BCUT2D eigenvalue weighted by Crippen LogP contribution is 2.19. The van der Waals surface area contributed by atoms with Crippen molar-refractivity contribution in [2.75, 3.05) is 46.9 Å². The van der Waals surface area contributed by atoms with Crippen molar-refractivity contribution in [3.05, 3.63) is 29.3 Å². The Morgan fingerprint density at radius 1 is 1.25 bits per heavy atom. The minimum absolute atomic E-state index is 0. The van der Waals surface area contributed by atoms with E-state index in [1.165, 1.54) is 17.5 Å². The molecule has 0 amide bonds. The van der Waals surface area contributed by atoms with Gasteiger partial charge < -0.3 is 15.4 Å². The van der Waals surface area contributed by atoms with Gasteiger partial charge in [0.25, 0.3) is 0 Å². The smallest absolute Gasteiger partial charge is 0.401 e. The normalized spacial score (nSPS) is 11.9. The number of halogens is 4. The molecule has 9 heteroatoms. The fourth-order valence-electron chi connectivity index (χ4n) is 2.68. The van der Waals surface area contributed by atoms with Crippen molar-refractivity contribution in [2.24, 2.45) is 4.99 Å². The summed E-state index contributed by atoms with van der Waals surface area (Å²) in [5, 5.41) is 6.41. The summed E-state index contributed by atoms with van der Waals surface area (Å²) in [4.78, 5) is 5.69. The van der Waals surface area contributed by atoms with Crippen LogP contribution < -0.4 is 15.4 Å². The van der Waals surface area contributed by atoms with Crippen molar-refractivity contribution in [1.29, 1.82) is 0 Å². The molecule has 1 aromatic carbocycles. The topological polar surface area (TPSA) is 48.9 Å². The molecule has 0 fully saturated rings. The van der Waals surface area contributed by atoms with E-state index in [0.29, 0.717) is 38.6 Å². The number of guanidine groups is 1. The van der Waals surface area contributed by atoms with E-state index >= 15 is 0 Å². The third-order valence-corrected chi connectivity index (χ3v) is 3.88. The summed E-state index contributed by atoms with van der Waals surface area (Å²) in [5.74, 6) is 1.53. The van der Waals surface area contributed by atoms with Crippen LogP contribution in [0.5, 0.6) is 5.75 Å². The number of benzene rings is 1. The molecule has 0 aliphatic rings. The van der Waals surface area contributed by atoms with E-state index in [9.17, 15) is 13.2 Å². The summed E-state index contributed by atoms with van der Waals surface area (Å²) in [6, 6.07) is 6.07. The second-order valence-corrected chi connectivity index (χ2v) is 6.46. The Morgan fingerprint density at radius 2 is 1.96 bits per heavy atom. The van der Waals surface area contributed by atoms with Crippen LogP contribution in [0.4, 0.5) is 13.2 Å². The van der Waals surface area contributed by atoms with Crippen LogP contribution in [-0.2, 0) is 6.42 Å². The number of nitrogens with one attached hydrogen (secondary N) is 2. The molecular formula is C19H32F3IN4O. The molecule has 0 saturated carbocycles. The average Bonchev–Trinajstić information content (AvgIpc) is 2.57. The molecule has 1 rings (SSSR count). The Bertz CT molecular complexity index is 597. The lowest BCUT2D eigenvalue weighted by molar-refractivity contribution is -0.143. The van der Waals surface area contributed by atoms with Crippen molar-refractivity contribution in [2.45, 2.75) is 32.9 Å². The SMILES string of the molecule is CCNC(=NCCCN(C)CC(F)(F)F)NCCc1cc(C)ccc1OC.I. The molecular weight excluding hydrogens is 484 g/mol. The first-order chi connectivity index (χ1) is 12.7. The summed E-state index contributed by atoms with van der Waals surface area (Å²) in [5.41, 5.74) is 2.30. The quantitative estimate of drug-likeness (QED) is 0.216. The van der Waals surface area contributed by atoms with Gasteiger partial charge in [0, 0.05) is 19.6 Å². The van der Waals surface area contributed by atoms with Gasteiger partial charge in [-0.25, -0.2) is 0 Å². The van der Waals surface area contributed by atoms with Crippen LogP contribution in [0.3, 0.4) is 0 Å². The van der Waals surface area contributed by atoms with Gasteiger partial charge in [-0.1, -0.05) is 17.7 Å². The average molecular weight is 516 g/mol. The molecule has 1 aromatic rings. The van der Waals surface area contributed by atoms with Crippen LogP contribution in [0.15, 0.2) is 23.2 Å². The van der Waals surface area contributed by atoms with Crippen molar-refractivity contribution in [1.82, 2.24) is 15.5 Å². The first kappa shape index (κ1) is 26.8. The molecule has 0 radical (unpaired) electrons. The molecule has 0 atom stereocenters. The number of aryl methyl sites for hydroxylation is 1. The Hall–Kier alpha value is -1.23. The Labute approximate surface area is 183 Å². The van der Waals surface area contributed by atoms with Gasteiger partial charge in [-0.15, -0.1) is 24.0 Å². The highest BCUT2D eigenvalue weighted by molar-refractivity contribution is 14.0. The fourth-order valence-corrected chi connectivity index (χ4v) is 2.68. The molecule has 0 aliphatic heterocycles. The first-order valence-corrected chi connectivity index (χ1v) is 9.16. The van der Waals surface area contributed by atoms with Crippen molar-refractivity contribution in [3.63, 3.8) is 0 Å². The van der Waals surface area contributed by atoms with Crippen LogP contribution in [0.1, 0.15) is 24.5 Å². The van der Waals surface area contributed by atoms with Crippen LogP contribution in [0, 0.1) is 6.92 Å². The lowest BCUT2D eigenvalue weighted by atomic mass is 10.1. The summed E-state index contributed by atoms with van der Waals surface area (Å²) in [6.07, 6.45) is -2.82. The molecule has 0 spiro atoms. The number of hydrogen-bond acceptors (Lipinski definition) is 3. The highest BCUT2D eigenvalue weighted by Gasteiger charge is 2.28. The molecule has 162 valence electrons. The Balaban J connectivity index is 0.00000729. The molecule has 0 aliphatic carbocycles. The van der Waals surface area contributed by atoms with Crippen LogP contribution >= 0.6 is 24.0 Å². The molecule has 5 nitrogen and oxygen atoms in total. The number of rotatable bonds is 10. The number of methoxy groups -OCH3 is 1. The largest absolute Gasteiger partial charge is 0.496 e. The van der Waals surface area contributed by atoms with Crippen molar-refractivity contribution < 1.29 is 17.9 Å². The predicted octanol–water partition coefficient (Wildman–Crippen LogP) is 3.60. The molecule has 0 saturated heterocycles. The first-order valence-electron chi connectivity index (χ1n) is 9.16. The van der Waals surface area contributed by atoms with Crippen LogP contribution in [0.25, 0.3) is 0 Å². The summed E-state index contributed by atoms with van der Waals surface area (Å²) < 4.78 is 42.3. The zero-order valence-electron chi connectivity index (χ0n) is 17.0. The van der Waals surface area contributed by atoms with Crippen LogP contribution in [-0.4, -0.2) is 63.9 Å². The summed E-state index contributed by atoms with van der Waals surface area (Å²) >= 11 is 0. The van der Waals surface area contributed by atoms with E-state index in [4.69, 9.17) is 4.74 Å². The van der Waals surface area contributed by atoms with E-state index in [0.717, 1.165) is 17.7 Å². The monoisotopic (exact) mass is 516 g/mol. The summed E-state index contributed by atoms with van der Waals surface area (Å²) in [7, 11) is 3.12. The number of hydrogen-bond donors (Lipinski definition) is 2. The van der Waals surface area contributed by atoms with Gasteiger partial charge in [0.15, 0.2) is 5.96 Å². The van der Waals surface area contributed by atoms with Gasteiger partial charge in [-0.2, -0.15) is 13.2 Å². The molecule has 0 heterocycles. The second kappa shape index (κ2) is 13.9. The molecule has 0 unspecified atom stereocenters.